The van der Waals surface area contributed by atoms with Crippen molar-refractivity contribution in [1.82, 2.24) is 4.98 Å². The fraction of sp³-hybridized carbons (Fsp3) is 0.481. The van der Waals surface area contributed by atoms with Gasteiger partial charge in [0.1, 0.15) is 5.75 Å². The summed E-state index contributed by atoms with van der Waals surface area (Å²) in [6, 6.07) is 12.9. The Morgan fingerprint density at radius 3 is 2.40 bits per heavy atom. The van der Waals surface area contributed by atoms with Crippen LogP contribution in [0.15, 0.2) is 46.9 Å². The number of H-pyrrole nitrogens is 1. The molecule has 1 unspecified atom stereocenters. The molecule has 0 bridgehead atoms. The summed E-state index contributed by atoms with van der Waals surface area (Å²) in [6.45, 7) is 5.38. The van der Waals surface area contributed by atoms with E-state index in [1.807, 2.05) is 18.2 Å². The van der Waals surface area contributed by atoms with Gasteiger partial charge in [-0.2, -0.15) is 13.2 Å². The van der Waals surface area contributed by atoms with E-state index in [0.717, 1.165) is 47.0 Å². The Morgan fingerprint density at radius 2 is 1.74 bits per heavy atom. The molecule has 1 aromatic heterocycles. The Morgan fingerprint density at radius 1 is 1.03 bits per heavy atom. The lowest BCUT2D eigenvalue weighted by atomic mass is 9.73. The van der Waals surface area contributed by atoms with Crippen molar-refractivity contribution in [2.24, 2.45) is 0 Å². The number of aliphatic hydroxyl groups is 1. The Balaban J connectivity index is 1.64. The molecule has 0 saturated carbocycles. The van der Waals surface area contributed by atoms with Crippen LogP contribution in [0.25, 0.3) is 10.9 Å². The Kier molecular flexibility index (Phi) is 7.17. The van der Waals surface area contributed by atoms with Crippen LogP contribution in [0.4, 0.5) is 18.9 Å². The molecule has 3 aromatic rings. The molecule has 0 aliphatic carbocycles. The van der Waals surface area contributed by atoms with Crippen LogP contribution in [-0.2, 0) is 11.8 Å². The normalized spacial score (nSPS) is 17.0. The summed E-state index contributed by atoms with van der Waals surface area (Å²) in [5, 5.41) is 12.0. The van der Waals surface area contributed by atoms with Crippen molar-refractivity contribution in [1.29, 1.82) is 0 Å². The first kappa shape index (κ1) is 25.9. The van der Waals surface area contributed by atoms with E-state index in [-0.39, 0.29) is 0 Å². The van der Waals surface area contributed by atoms with Crippen LogP contribution in [0.5, 0.6) is 5.75 Å². The van der Waals surface area contributed by atoms with E-state index in [1.165, 1.54) is 13.5 Å². The topological polar surface area (TPSA) is 48.5 Å². The summed E-state index contributed by atoms with van der Waals surface area (Å²) in [6.07, 6.45) is -2.39. The molecule has 1 saturated heterocycles. The number of alkyl halides is 3. The molecule has 4 rings (SSSR count). The second-order valence-corrected chi connectivity index (χ2v) is 11.1. The van der Waals surface area contributed by atoms with Gasteiger partial charge in [-0.05, 0) is 73.6 Å². The summed E-state index contributed by atoms with van der Waals surface area (Å²) < 4.78 is 49.2. The van der Waals surface area contributed by atoms with Crippen molar-refractivity contribution in [3.05, 3.63) is 58.2 Å². The number of piperidine rings is 1. The largest absolute Gasteiger partial charge is 0.496 e. The SMILES string of the molecule is COc1ccc(Br)cc1C(C)(C)CC(O)(Cc1cc2cc(N3CCCCC3)ccc2[nH]1)C(F)(F)F. The average molecular weight is 553 g/mol. The van der Waals surface area contributed by atoms with Gasteiger partial charge in [0, 0.05) is 51.8 Å². The molecule has 1 atom stereocenters. The number of anilines is 1. The van der Waals surface area contributed by atoms with E-state index in [1.54, 1.807) is 38.1 Å². The maximum absolute atomic E-state index is 14.3. The van der Waals surface area contributed by atoms with Crippen molar-refractivity contribution in [2.45, 2.75) is 63.1 Å². The highest BCUT2D eigenvalue weighted by atomic mass is 79.9. The number of halogens is 4. The van der Waals surface area contributed by atoms with Crippen molar-refractivity contribution in [3.8, 4) is 5.75 Å². The highest BCUT2D eigenvalue weighted by Crippen LogP contribution is 2.45. The molecule has 8 heteroatoms. The molecular weight excluding hydrogens is 521 g/mol. The van der Waals surface area contributed by atoms with Crippen molar-refractivity contribution >= 4 is 32.5 Å². The number of rotatable bonds is 7. The van der Waals surface area contributed by atoms with Crippen molar-refractivity contribution in [3.63, 3.8) is 0 Å². The van der Waals surface area contributed by atoms with Gasteiger partial charge in [0.15, 0.2) is 5.60 Å². The van der Waals surface area contributed by atoms with Gasteiger partial charge in [-0.15, -0.1) is 0 Å². The van der Waals surface area contributed by atoms with Crippen molar-refractivity contribution < 1.29 is 23.0 Å². The van der Waals surface area contributed by atoms with Crippen LogP contribution in [0.2, 0.25) is 0 Å². The summed E-state index contributed by atoms with van der Waals surface area (Å²) in [5.41, 5.74) is -1.16. The zero-order valence-corrected chi connectivity index (χ0v) is 21.9. The first-order chi connectivity index (χ1) is 16.4. The van der Waals surface area contributed by atoms with Gasteiger partial charge in [0.2, 0.25) is 0 Å². The molecule has 1 aliphatic rings. The maximum atomic E-state index is 14.3. The molecule has 4 nitrogen and oxygen atoms in total. The van der Waals surface area contributed by atoms with Gasteiger partial charge >= 0.3 is 6.18 Å². The Bertz CT molecular complexity index is 1180. The number of methoxy groups -OCH3 is 1. The molecule has 2 N–H and O–H groups in total. The van der Waals surface area contributed by atoms with Crippen LogP contribution in [0.3, 0.4) is 0 Å². The molecule has 0 radical (unpaired) electrons. The fourth-order valence-corrected chi connectivity index (χ4v) is 5.60. The third-order valence-corrected chi connectivity index (χ3v) is 7.51. The second-order valence-electron chi connectivity index (χ2n) is 10.2. The van der Waals surface area contributed by atoms with Crippen LogP contribution in [-0.4, -0.2) is 42.1 Å². The molecular formula is C27H32BrF3N2O2. The summed E-state index contributed by atoms with van der Waals surface area (Å²) in [5.74, 6) is 0.485. The number of aromatic nitrogens is 1. The molecule has 2 aromatic carbocycles. The molecule has 1 fully saturated rings. The van der Waals surface area contributed by atoms with Crippen LogP contribution >= 0.6 is 15.9 Å². The molecule has 190 valence electrons. The average Bonchev–Trinajstić information content (AvgIpc) is 3.19. The number of ether oxygens (including phenoxy) is 1. The van der Waals surface area contributed by atoms with E-state index >= 15 is 0 Å². The number of nitrogens with one attached hydrogen (secondary N) is 1. The maximum Gasteiger partial charge on any atom is 0.417 e. The van der Waals surface area contributed by atoms with E-state index in [9.17, 15) is 18.3 Å². The summed E-state index contributed by atoms with van der Waals surface area (Å²) in [7, 11) is 1.49. The number of fused-ring (bicyclic) bond motifs is 1. The van der Waals surface area contributed by atoms with Gasteiger partial charge in [0.25, 0.3) is 0 Å². The van der Waals surface area contributed by atoms with E-state index in [4.69, 9.17) is 4.74 Å². The Labute approximate surface area is 212 Å². The van der Waals surface area contributed by atoms with Crippen LogP contribution in [0, 0.1) is 0 Å². The van der Waals surface area contributed by atoms with E-state index < -0.39 is 30.0 Å². The van der Waals surface area contributed by atoms with Crippen LogP contribution in [0.1, 0.15) is 50.8 Å². The zero-order valence-electron chi connectivity index (χ0n) is 20.3. The lowest BCUT2D eigenvalue weighted by molar-refractivity contribution is -0.266. The number of nitrogens with zero attached hydrogens (tertiary/aromatic N) is 1. The minimum absolute atomic E-state index is 0.354. The summed E-state index contributed by atoms with van der Waals surface area (Å²) in [4.78, 5) is 5.42. The quantitative estimate of drug-likeness (QED) is 0.327. The van der Waals surface area contributed by atoms with E-state index in [2.05, 4.69) is 25.8 Å². The van der Waals surface area contributed by atoms with Gasteiger partial charge < -0.3 is 19.7 Å². The highest BCUT2D eigenvalue weighted by Gasteiger charge is 2.56. The molecule has 35 heavy (non-hydrogen) atoms. The standard InChI is InChI=1S/C27H32BrF3N2O2/c1-25(2,22-15-19(28)7-10-24(22)35-3)17-26(34,27(29,30)31)16-20-13-18-14-21(8-9-23(18)32-20)33-11-5-4-6-12-33/h7-10,13-15,32,34H,4-6,11-12,16-17H2,1-3H3. The van der Waals surface area contributed by atoms with Gasteiger partial charge in [-0.1, -0.05) is 29.8 Å². The number of benzene rings is 2. The minimum Gasteiger partial charge on any atom is -0.496 e. The molecule has 0 spiro atoms. The monoisotopic (exact) mass is 552 g/mol. The number of hydrogen-bond acceptors (Lipinski definition) is 3. The third-order valence-electron chi connectivity index (χ3n) is 7.02. The Hall–Kier alpha value is -2.19. The fourth-order valence-electron chi connectivity index (χ4n) is 5.24. The number of aromatic amines is 1. The molecule has 0 amide bonds. The second kappa shape index (κ2) is 9.69. The third kappa shape index (κ3) is 5.48. The lowest BCUT2D eigenvalue weighted by Crippen LogP contribution is -2.51. The predicted molar refractivity (Wildman–Crippen MR) is 137 cm³/mol. The number of hydrogen-bond donors (Lipinski definition) is 2. The smallest absolute Gasteiger partial charge is 0.417 e. The van der Waals surface area contributed by atoms with Gasteiger partial charge in [-0.3, -0.25) is 0 Å². The molecule has 1 aliphatic heterocycles. The first-order valence-electron chi connectivity index (χ1n) is 11.9. The van der Waals surface area contributed by atoms with Crippen molar-refractivity contribution in [2.75, 3.05) is 25.1 Å². The van der Waals surface area contributed by atoms with E-state index in [0.29, 0.717) is 17.0 Å². The molecule has 2 heterocycles. The van der Waals surface area contributed by atoms with Gasteiger partial charge in [-0.25, -0.2) is 0 Å². The first-order valence-corrected chi connectivity index (χ1v) is 12.7. The van der Waals surface area contributed by atoms with Crippen LogP contribution < -0.4 is 9.64 Å². The highest BCUT2D eigenvalue weighted by molar-refractivity contribution is 9.10. The van der Waals surface area contributed by atoms with Gasteiger partial charge in [0.05, 0.1) is 7.11 Å². The minimum atomic E-state index is -4.82. The summed E-state index contributed by atoms with van der Waals surface area (Å²) >= 11 is 3.40. The lowest BCUT2D eigenvalue weighted by Gasteiger charge is -2.38. The zero-order chi connectivity index (χ0) is 25.4. The predicted octanol–water partition coefficient (Wildman–Crippen LogP) is 7.13.